The molecule has 3 heterocycles. The molecule has 6 nitrogen and oxygen atoms in total. The van der Waals surface area contributed by atoms with Crippen molar-refractivity contribution in [1.29, 1.82) is 0 Å². The quantitative estimate of drug-likeness (QED) is 0.739. The van der Waals surface area contributed by atoms with Crippen LogP contribution >= 0.6 is 11.3 Å². The Kier molecular flexibility index (Phi) is 4.85. The largest absolute Gasteiger partial charge is 0.331 e. The van der Waals surface area contributed by atoms with Crippen LogP contribution in [0.1, 0.15) is 33.8 Å². The van der Waals surface area contributed by atoms with Gasteiger partial charge in [0, 0.05) is 22.0 Å². The number of hydrogen-bond acceptors (Lipinski definition) is 4. The molecule has 1 atom stereocenters. The summed E-state index contributed by atoms with van der Waals surface area (Å²) in [5.74, 6) is 1.23. The number of nitrogens with one attached hydrogen (secondary N) is 2. The number of thiophene rings is 1. The topological polar surface area (TPSA) is 71.8 Å². The van der Waals surface area contributed by atoms with E-state index in [4.69, 9.17) is 0 Å². The number of carbonyl (C=O) groups excluding carboxylic acids is 1. The fourth-order valence-corrected chi connectivity index (χ4v) is 3.75. The molecule has 3 aromatic heterocycles. The maximum Gasteiger partial charge on any atom is 0.320 e. The smallest absolute Gasteiger partial charge is 0.320 e. The summed E-state index contributed by atoms with van der Waals surface area (Å²) in [6.45, 7) is 8.11. The van der Waals surface area contributed by atoms with Crippen LogP contribution < -0.4 is 10.6 Å². The lowest BCUT2D eigenvalue weighted by atomic mass is 10.1. The molecule has 0 aliphatic rings. The molecule has 0 saturated heterocycles. The van der Waals surface area contributed by atoms with Gasteiger partial charge in [0.1, 0.15) is 5.82 Å². The number of urea groups is 1. The Morgan fingerprint density at radius 3 is 2.68 bits per heavy atom. The molecule has 3 aromatic rings. The Hall–Kier alpha value is -2.67. The first-order chi connectivity index (χ1) is 11.9. The molecule has 0 aromatic carbocycles. The number of amides is 2. The monoisotopic (exact) mass is 355 g/mol. The summed E-state index contributed by atoms with van der Waals surface area (Å²) in [6.07, 6.45) is 3.36. The van der Waals surface area contributed by atoms with E-state index in [2.05, 4.69) is 40.6 Å². The summed E-state index contributed by atoms with van der Waals surface area (Å²) in [4.78, 5) is 19.1. The van der Waals surface area contributed by atoms with E-state index in [1.807, 2.05) is 26.0 Å². The standard InChI is InChI=1S/C18H21N5OS/c1-11-5-7-19-17(9-11)23-16(6-8-20-23)22-18(24)21-13(3)15-10-12(2)25-14(15)4/h5-10,13H,1-4H3,(H2,21,22,24)/t13-/m1/s1. The third kappa shape index (κ3) is 3.88. The van der Waals surface area contributed by atoms with Crippen molar-refractivity contribution in [1.82, 2.24) is 20.1 Å². The summed E-state index contributed by atoms with van der Waals surface area (Å²) in [5, 5.41) is 10.1. The molecule has 0 unspecified atom stereocenters. The summed E-state index contributed by atoms with van der Waals surface area (Å²) in [7, 11) is 0. The van der Waals surface area contributed by atoms with Gasteiger partial charge in [-0.25, -0.2) is 9.78 Å². The molecule has 3 rings (SSSR count). The summed E-state index contributed by atoms with van der Waals surface area (Å²) >= 11 is 1.74. The fourth-order valence-electron chi connectivity index (χ4n) is 2.72. The first kappa shape index (κ1) is 17.2. The molecule has 0 radical (unpaired) electrons. The fraction of sp³-hybridized carbons (Fsp3) is 0.278. The van der Waals surface area contributed by atoms with Crippen LogP contribution in [0, 0.1) is 20.8 Å². The molecule has 7 heteroatoms. The SMILES string of the molecule is Cc1ccnc(-n2nccc2NC(=O)N[C@H](C)c2cc(C)sc2C)c1. The molecule has 0 bridgehead atoms. The first-order valence-electron chi connectivity index (χ1n) is 8.05. The van der Waals surface area contributed by atoms with Crippen molar-refractivity contribution in [3.8, 4) is 5.82 Å². The van der Waals surface area contributed by atoms with Crippen LogP contribution in [0.4, 0.5) is 10.6 Å². The zero-order valence-corrected chi connectivity index (χ0v) is 15.5. The van der Waals surface area contributed by atoms with E-state index in [0.717, 1.165) is 11.1 Å². The van der Waals surface area contributed by atoms with Crippen molar-refractivity contribution < 1.29 is 4.79 Å². The van der Waals surface area contributed by atoms with E-state index in [9.17, 15) is 4.79 Å². The predicted octanol–water partition coefficient (Wildman–Crippen LogP) is 4.14. The van der Waals surface area contributed by atoms with Gasteiger partial charge in [0.2, 0.25) is 0 Å². The molecular weight excluding hydrogens is 334 g/mol. The Balaban J connectivity index is 1.72. The highest BCUT2D eigenvalue weighted by Crippen LogP contribution is 2.26. The van der Waals surface area contributed by atoms with Crippen molar-refractivity contribution in [2.45, 2.75) is 33.7 Å². The Morgan fingerprint density at radius 2 is 2.00 bits per heavy atom. The van der Waals surface area contributed by atoms with Gasteiger partial charge in [0.25, 0.3) is 0 Å². The zero-order chi connectivity index (χ0) is 18.0. The third-order valence-electron chi connectivity index (χ3n) is 3.90. The van der Waals surface area contributed by atoms with Gasteiger partial charge in [-0.3, -0.25) is 5.32 Å². The van der Waals surface area contributed by atoms with Crippen molar-refractivity contribution >= 4 is 23.2 Å². The number of carbonyl (C=O) groups is 1. The van der Waals surface area contributed by atoms with Gasteiger partial charge < -0.3 is 5.32 Å². The minimum absolute atomic E-state index is 0.0709. The van der Waals surface area contributed by atoms with Crippen LogP contribution in [0.3, 0.4) is 0 Å². The lowest BCUT2D eigenvalue weighted by Gasteiger charge is -2.15. The van der Waals surface area contributed by atoms with Crippen LogP contribution in [0.2, 0.25) is 0 Å². The highest BCUT2D eigenvalue weighted by atomic mass is 32.1. The predicted molar refractivity (Wildman–Crippen MR) is 100 cm³/mol. The second-order valence-corrected chi connectivity index (χ2v) is 7.47. The van der Waals surface area contributed by atoms with Gasteiger partial charge in [-0.15, -0.1) is 11.3 Å². The second kappa shape index (κ2) is 7.06. The molecule has 2 amide bonds. The van der Waals surface area contributed by atoms with Crippen LogP contribution in [0.15, 0.2) is 36.7 Å². The van der Waals surface area contributed by atoms with Crippen molar-refractivity contribution in [3.05, 3.63) is 57.5 Å². The maximum absolute atomic E-state index is 12.4. The highest BCUT2D eigenvalue weighted by molar-refractivity contribution is 7.12. The molecule has 0 fully saturated rings. The molecule has 0 saturated carbocycles. The van der Waals surface area contributed by atoms with E-state index in [1.165, 1.54) is 9.75 Å². The van der Waals surface area contributed by atoms with E-state index in [1.54, 1.807) is 34.5 Å². The van der Waals surface area contributed by atoms with E-state index in [0.29, 0.717) is 11.6 Å². The average Bonchev–Trinajstić information content (AvgIpc) is 3.13. The van der Waals surface area contributed by atoms with Crippen LogP contribution in [-0.2, 0) is 0 Å². The summed E-state index contributed by atoms with van der Waals surface area (Å²) in [5.41, 5.74) is 2.22. The number of hydrogen-bond donors (Lipinski definition) is 2. The summed E-state index contributed by atoms with van der Waals surface area (Å²) in [6, 6.07) is 7.35. The van der Waals surface area contributed by atoms with Crippen LogP contribution in [-0.4, -0.2) is 20.8 Å². The number of nitrogens with zero attached hydrogens (tertiary/aromatic N) is 3. The lowest BCUT2D eigenvalue weighted by Crippen LogP contribution is -2.32. The van der Waals surface area contributed by atoms with Crippen LogP contribution in [0.5, 0.6) is 0 Å². The Bertz CT molecular complexity index is 899. The molecule has 2 N–H and O–H groups in total. The molecule has 130 valence electrons. The zero-order valence-electron chi connectivity index (χ0n) is 14.7. The molecule has 0 aliphatic carbocycles. The second-order valence-electron chi connectivity index (χ2n) is 6.01. The molecule has 0 aliphatic heterocycles. The third-order valence-corrected chi connectivity index (χ3v) is 4.88. The molecule has 0 spiro atoms. The number of anilines is 1. The Labute approximate surface area is 150 Å². The molecule has 25 heavy (non-hydrogen) atoms. The highest BCUT2D eigenvalue weighted by Gasteiger charge is 2.15. The number of pyridine rings is 1. The van der Waals surface area contributed by atoms with Gasteiger partial charge in [0.05, 0.1) is 12.2 Å². The van der Waals surface area contributed by atoms with E-state index >= 15 is 0 Å². The van der Waals surface area contributed by atoms with Gasteiger partial charge >= 0.3 is 6.03 Å². The van der Waals surface area contributed by atoms with Crippen molar-refractivity contribution in [3.63, 3.8) is 0 Å². The van der Waals surface area contributed by atoms with Crippen molar-refractivity contribution in [2.75, 3.05) is 5.32 Å². The Morgan fingerprint density at radius 1 is 1.20 bits per heavy atom. The van der Waals surface area contributed by atoms with Gasteiger partial charge in [-0.1, -0.05) is 0 Å². The van der Waals surface area contributed by atoms with Crippen LogP contribution in [0.25, 0.3) is 5.82 Å². The van der Waals surface area contributed by atoms with Gasteiger partial charge in [-0.05, 0) is 57.0 Å². The minimum atomic E-state index is -0.273. The minimum Gasteiger partial charge on any atom is -0.331 e. The molecular formula is C18H21N5OS. The number of aryl methyl sites for hydroxylation is 3. The number of rotatable bonds is 4. The van der Waals surface area contributed by atoms with Gasteiger partial charge in [-0.2, -0.15) is 9.78 Å². The maximum atomic E-state index is 12.4. The van der Waals surface area contributed by atoms with E-state index in [-0.39, 0.29) is 12.1 Å². The normalized spacial score (nSPS) is 12.0. The summed E-state index contributed by atoms with van der Waals surface area (Å²) < 4.78 is 1.61. The van der Waals surface area contributed by atoms with Gasteiger partial charge in [0.15, 0.2) is 5.82 Å². The van der Waals surface area contributed by atoms with Crippen molar-refractivity contribution in [2.24, 2.45) is 0 Å². The lowest BCUT2D eigenvalue weighted by molar-refractivity contribution is 0.249. The first-order valence-corrected chi connectivity index (χ1v) is 8.87. The number of aromatic nitrogens is 3. The van der Waals surface area contributed by atoms with E-state index < -0.39 is 0 Å². The average molecular weight is 355 g/mol.